The Labute approximate surface area is 101 Å². The van der Waals surface area contributed by atoms with Crippen LogP contribution < -0.4 is 5.73 Å². The Hall–Kier alpha value is -1.81. The number of nitrogen functional groups attached to an aromatic ring is 1. The van der Waals surface area contributed by atoms with Crippen molar-refractivity contribution in [3.05, 3.63) is 48.2 Å². The summed E-state index contributed by atoms with van der Waals surface area (Å²) in [5.74, 6) is 0.960. The number of nitrogens with zero attached hydrogens (tertiary/aromatic N) is 2. The fourth-order valence-electron chi connectivity index (χ4n) is 1.70. The molecule has 0 aliphatic rings. The molecule has 0 aliphatic carbocycles. The van der Waals surface area contributed by atoms with Crippen LogP contribution in [0, 0.1) is 0 Å². The van der Waals surface area contributed by atoms with Crippen LogP contribution in [0.3, 0.4) is 0 Å². The summed E-state index contributed by atoms with van der Waals surface area (Å²) in [5.41, 5.74) is 7.54. The standard InChI is InChI=1S/C13H17N3O/c1-2-16(9-11-5-4-8-17-11)10-13-12(14)6-3-7-15-13/h3-8H,2,9-10,14H2,1H3. The van der Waals surface area contributed by atoms with Crippen molar-refractivity contribution in [2.45, 2.75) is 20.0 Å². The summed E-state index contributed by atoms with van der Waals surface area (Å²) in [4.78, 5) is 6.53. The maximum absolute atomic E-state index is 5.88. The Morgan fingerprint density at radius 2 is 2.18 bits per heavy atom. The lowest BCUT2D eigenvalue weighted by molar-refractivity contribution is 0.245. The Morgan fingerprint density at radius 3 is 2.82 bits per heavy atom. The van der Waals surface area contributed by atoms with Crippen molar-refractivity contribution in [1.29, 1.82) is 0 Å². The van der Waals surface area contributed by atoms with Crippen molar-refractivity contribution >= 4 is 5.69 Å². The van der Waals surface area contributed by atoms with E-state index in [1.165, 1.54) is 0 Å². The second kappa shape index (κ2) is 5.50. The molecule has 0 saturated carbocycles. The average Bonchev–Trinajstić information content (AvgIpc) is 2.84. The highest BCUT2D eigenvalue weighted by Gasteiger charge is 2.09. The molecule has 2 N–H and O–H groups in total. The topological polar surface area (TPSA) is 55.3 Å². The Balaban J connectivity index is 2.03. The van der Waals surface area contributed by atoms with Gasteiger partial charge in [0, 0.05) is 12.7 Å². The molecule has 17 heavy (non-hydrogen) atoms. The SMILES string of the molecule is CCN(Cc1ccco1)Cc1ncccc1N. The Bertz CT molecular complexity index is 453. The predicted molar refractivity (Wildman–Crippen MR) is 67.1 cm³/mol. The fourth-order valence-corrected chi connectivity index (χ4v) is 1.70. The normalized spacial score (nSPS) is 10.9. The summed E-state index contributed by atoms with van der Waals surface area (Å²) in [7, 11) is 0. The van der Waals surface area contributed by atoms with Gasteiger partial charge in [-0.05, 0) is 30.8 Å². The first-order valence-electron chi connectivity index (χ1n) is 5.73. The van der Waals surface area contributed by atoms with Gasteiger partial charge in [-0.3, -0.25) is 9.88 Å². The average molecular weight is 231 g/mol. The summed E-state index contributed by atoms with van der Waals surface area (Å²) in [6.07, 6.45) is 3.46. The summed E-state index contributed by atoms with van der Waals surface area (Å²) in [6, 6.07) is 7.60. The molecule has 0 fully saturated rings. The van der Waals surface area contributed by atoms with Gasteiger partial charge in [0.2, 0.25) is 0 Å². The molecule has 0 atom stereocenters. The van der Waals surface area contributed by atoms with E-state index >= 15 is 0 Å². The van der Waals surface area contributed by atoms with Crippen LogP contribution in [0.5, 0.6) is 0 Å². The summed E-state index contributed by atoms with van der Waals surface area (Å²) < 4.78 is 5.34. The van der Waals surface area contributed by atoms with Crippen LogP contribution in [-0.2, 0) is 13.1 Å². The number of nitrogens with two attached hydrogens (primary N) is 1. The van der Waals surface area contributed by atoms with E-state index in [2.05, 4.69) is 16.8 Å². The van der Waals surface area contributed by atoms with E-state index in [4.69, 9.17) is 10.2 Å². The highest BCUT2D eigenvalue weighted by atomic mass is 16.3. The lowest BCUT2D eigenvalue weighted by Gasteiger charge is -2.19. The van der Waals surface area contributed by atoms with Gasteiger partial charge in [-0.2, -0.15) is 0 Å². The highest BCUT2D eigenvalue weighted by Crippen LogP contribution is 2.13. The highest BCUT2D eigenvalue weighted by molar-refractivity contribution is 5.41. The summed E-state index contributed by atoms with van der Waals surface area (Å²) in [6.45, 7) is 4.56. The quantitative estimate of drug-likeness (QED) is 0.857. The third-order valence-electron chi connectivity index (χ3n) is 2.71. The van der Waals surface area contributed by atoms with Gasteiger partial charge in [0.1, 0.15) is 5.76 Å². The van der Waals surface area contributed by atoms with Crippen molar-refractivity contribution in [1.82, 2.24) is 9.88 Å². The van der Waals surface area contributed by atoms with E-state index in [1.807, 2.05) is 24.3 Å². The van der Waals surface area contributed by atoms with Gasteiger partial charge in [-0.25, -0.2) is 0 Å². The molecule has 0 aromatic carbocycles. The lowest BCUT2D eigenvalue weighted by atomic mass is 10.2. The molecule has 0 bridgehead atoms. The maximum Gasteiger partial charge on any atom is 0.117 e. The van der Waals surface area contributed by atoms with Crippen LogP contribution in [0.1, 0.15) is 18.4 Å². The van der Waals surface area contributed by atoms with Gasteiger partial charge in [0.05, 0.1) is 24.2 Å². The largest absolute Gasteiger partial charge is 0.468 e. The molecule has 4 nitrogen and oxygen atoms in total. The zero-order valence-corrected chi connectivity index (χ0v) is 9.97. The van der Waals surface area contributed by atoms with Crippen LogP contribution in [0.2, 0.25) is 0 Å². The second-order valence-corrected chi connectivity index (χ2v) is 3.92. The van der Waals surface area contributed by atoms with Crippen LogP contribution in [0.25, 0.3) is 0 Å². The van der Waals surface area contributed by atoms with Crippen molar-refractivity contribution in [3.8, 4) is 0 Å². The molecule has 0 radical (unpaired) electrons. The van der Waals surface area contributed by atoms with Crippen molar-refractivity contribution in [2.75, 3.05) is 12.3 Å². The van der Waals surface area contributed by atoms with Gasteiger partial charge in [0.25, 0.3) is 0 Å². The second-order valence-electron chi connectivity index (χ2n) is 3.92. The van der Waals surface area contributed by atoms with Crippen molar-refractivity contribution in [3.63, 3.8) is 0 Å². The summed E-state index contributed by atoms with van der Waals surface area (Å²) in [5, 5.41) is 0. The van der Waals surface area contributed by atoms with Gasteiger partial charge in [-0.1, -0.05) is 6.92 Å². The van der Waals surface area contributed by atoms with Crippen LogP contribution in [0.15, 0.2) is 41.1 Å². The number of rotatable bonds is 5. The first kappa shape index (κ1) is 11.7. The van der Waals surface area contributed by atoms with E-state index in [0.717, 1.165) is 36.8 Å². The zero-order chi connectivity index (χ0) is 12.1. The molecule has 2 aromatic rings. The van der Waals surface area contributed by atoms with Crippen LogP contribution in [-0.4, -0.2) is 16.4 Å². The van der Waals surface area contributed by atoms with Gasteiger partial charge < -0.3 is 10.2 Å². The van der Waals surface area contributed by atoms with E-state index < -0.39 is 0 Å². The molecular formula is C13H17N3O. The molecule has 0 unspecified atom stereocenters. The van der Waals surface area contributed by atoms with E-state index in [9.17, 15) is 0 Å². The van der Waals surface area contributed by atoms with Crippen molar-refractivity contribution in [2.24, 2.45) is 0 Å². The number of aromatic nitrogens is 1. The Kier molecular flexibility index (Phi) is 3.77. The summed E-state index contributed by atoms with van der Waals surface area (Å²) >= 11 is 0. The molecule has 0 aliphatic heterocycles. The van der Waals surface area contributed by atoms with Crippen molar-refractivity contribution < 1.29 is 4.42 Å². The minimum atomic E-state index is 0.740. The number of furan rings is 1. The van der Waals surface area contributed by atoms with Gasteiger partial charge in [-0.15, -0.1) is 0 Å². The lowest BCUT2D eigenvalue weighted by Crippen LogP contribution is -2.23. The van der Waals surface area contributed by atoms with E-state index in [-0.39, 0.29) is 0 Å². The first-order chi connectivity index (χ1) is 8.29. The zero-order valence-electron chi connectivity index (χ0n) is 9.97. The molecule has 0 spiro atoms. The molecule has 4 heteroatoms. The third kappa shape index (κ3) is 3.07. The fraction of sp³-hybridized carbons (Fsp3) is 0.308. The molecule has 0 saturated heterocycles. The molecule has 2 rings (SSSR count). The number of hydrogen-bond donors (Lipinski definition) is 1. The monoisotopic (exact) mass is 231 g/mol. The molecule has 0 amide bonds. The van der Waals surface area contributed by atoms with E-state index in [0.29, 0.717) is 0 Å². The first-order valence-corrected chi connectivity index (χ1v) is 5.73. The number of anilines is 1. The van der Waals surface area contributed by atoms with Gasteiger partial charge in [0.15, 0.2) is 0 Å². The third-order valence-corrected chi connectivity index (χ3v) is 2.71. The molecular weight excluding hydrogens is 214 g/mol. The predicted octanol–water partition coefficient (Wildman–Crippen LogP) is 2.28. The number of hydrogen-bond acceptors (Lipinski definition) is 4. The van der Waals surface area contributed by atoms with Crippen LogP contribution >= 0.6 is 0 Å². The number of pyridine rings is 1. The minimum Gasteiger partial charge on any atom is -0.468 e. The van der Waals surface area contributed by atoms with Gasteiger partial charge >= 0.3 is 0 Å². The molecule has 2 heterocycles. The molecule has 90 valence electrons. The molecule has 2 aromatic heterocycles. The minimum absolute atomic E-state index is 0.740. The maximum atomic E-state index is 5.88. The smallest absolute Gasteiger partial charge is 0.117 e. The van der Waals surface area contributed by atoms with Crippen LogP contribution in [0.4, 0.5) is 5.69 Å². The Morgan fingerprint density at radius 1 is 1.29 bits per heavy atom. The van der Waals surface area contributed by atoms with E-state index in [1.54, 1.807) is 12.5 Å².